The van der Waals surface area contributed by atoms with Crippen molar-refractivity contribution in [3.8, 4) is 0 Å². The van der Waals surface area contributed by atoms with Crippen LogP contribution in [0.15, 0.2) is 0 Å². The van der Waals surface area contributed by atoms with Crippen molar-refractivity contribution < 1.29 is 14.7 Å². The number of nitrogens with one attached hydrogen (secondary N) is 1. The molecule has 60 valence electrons. The molecule has 3 unspecified atom stereocenters. The zero-order valence-electron chi connectivity index (χ0n) is 5.91. The van der Waals surface area contributed by atoms with Gasteiger partial charge in [-0.3, -0.25) is 9.59 Å². The molecule has 1 saturated heterocycles. The molecular weight excluding hydrogens is 146 g/mol. The van der Waals surface area contributed by atoms with Gasteiger partial charge in [-0.2, -0.15) is 0 Å². The number of piperidine rings is 1. The third kappa shape index (κ3) is 0.860. The molecule has 0 spiro atoms. The molecule has 1 aliphatic carbocycles. The Labute approximate surface area is 63.6 Å². The fourth-order valence-electron chi connectivity index (χ4n) is 1.88. The Hall–Kier alpha value is -0.900. The van der Waals surface area contributed by atoms with E-state index >= 15 is 0 Å². The molecule has 3 atom stereocenters. The van der Waals surface area contributed by atoms with Crippen LogP contribution in [0.1, 0.15) is 0 Å². The zero-order valence-corrected chi connectivity index (χ0v) is 5.91. The second-order valence-electron chi connectivity index (χ2n) is 3.15. The van der Waals surface area contributed by atoms with E-state index in [1.165, 1.54) is 0 Å². The highest BCUT2D eigenvalue weighted by Crippen LogP contribution is 2.47. The van der Waals surface area contributed by atoms with Crippen molar-refractivity contribution in [3.05, 3.63) is 0 Å². The fourth-order valence-corrected chi connectivity index (χ4v) is 1.88. The molecule has 4 heteroatoms. The Balaban J connectivity index is 2.10. The lowest BCUT2D eigenvalue weighted by Gasteiger charge is -2.07. The summed E-state index contributed by atoms with van der Waals surface area (Å²) < 4.78 is 0. The summed E-state index contributed by atoms with van der Waals surface area (Å²) in [4.78, 5) is 21.5. The number of hydrogen-bond acceptors (Lipinski definition) is 3. The number of hydrogen-bond donors (Lipinski definition) is 2. The largest absolute Gasteiger partial charge is 0.481 e. The molecule has 2 N–H and O–H groups in total. The molecule has 0 aromatic heterocycles. The van der Waals surface area contributed by atoms with Crippen molar-refractivity contribution in [1.82, 2.24) is 5.32 Å². The number of aliphatic carboxylic acids is 1. The average Bonchev–Trinajstić information content (AvgIpc) is 2.62. The number of carboxylic acids is 1. The van der Waals surface area contributed by atoms with Crippen LogP contribution in [0.25, 0.3) is 0 Å². The minimum atomic E-state index is -0.822. The van der Waals surface area contributed by atoms with Gasteiger partial charge in [0.25, 0.3) is 0 Å². The molecule has 0 bridgehead atoms. The van der Waals surface area contributed by atoms with E-state index in [4.69, 9.17) is 5.11 Å². The van der Waals surface area contributed by atoms with Crippen molar-refractivity contribution in [2.45, 2.75) is 0 Å². The average molecular weight is 155 g/mol. The van der Waals surface area contributed by atoms with Crippen molar-refractivity contribution >= 4 is 11.8 Å². The van der Waals surface area contributed by atoms with Gasteiger partial charge < -0.3 is 10.4 Å². The predicted octanol–water partition coefficient (Wildman–Crippen LogP) is -0.895. The van der Waals surface area contributed by atoms with Gasteiger partial charge in [-0.05, 0) is 12.5 Å². The van der Waals surface area contributed by atoms with Gasteiger partial charge in [0.05, 0.1) is 12.5 Å². The zero-order chi connectivity index (χ0) is 8.01. The number of ketones is 1. The first kappa shape index (κ1) is 6.79. The quantitative estimate of drug-likeness (QED) is 0.515. The van der Waals surface area contributed by atoms with E-state index in [-0.39, 0.29) is 17.6 Å². The topological polar surface area (TPSA) is 66.4 Å². The summed E-state index contributed by atoms with van der Waals surface area (Å²) in [5.74, 6) is -1.24. The summed E-state index contributed by atoms with van der Waals surface area (Å²) in [6.45, 7) is 1.04. The lowest BCUT2D eigenvalue weighted by Crippen LogP contribution is -2.31. The molecule has 0 radical (unpaired) electrons. The molecule has 2 aliphatic rings. The maximum atomic E-state index is 11.0. The Morgan fingerprint density at radius 2 is 2.36 bits per heavy atom. The van der Waals surface area contributed by atoms with E-state index < -0.39 is 11.9 Å². The highest BCUT2D eigenvalue weighted by molar-refractivity contribution is 5.93. The number of Topliss-reactive ketones (excluding diaryl/α,β-unsaturated/α-hetero) is 1. The van der Waals surface area contributed by atoms with Gasteiger partial charge in [0.2, 0.25) is 0 Å². The van der Waals surface area contributed by atoms with E-state index in [0.717, 1.165) is 0 Å². The van der Waals surface area contributed by atoms with Gasteiger partial charge in [-0.1, -0.05) is 0 Å². The number of fused-ring (bicyclic) bond motifs is 1. The van der Waals surface area contributed by atoms with Gasteiger partial charge in [-0.15, -0.1) is 0 Å². The molecule has 0 amide bonds. The standard InChI is InChI=1S/C7H9NO3/c9-4-2-8-1-3-5(4)6(3)7(10)11/h3,5-6,8H,1-2H2,(H,10,11). The summed E-state index contributed by atoms with van der Waals surface area (Å²) in [6.07, 6.45) is 0. The Bertz CT molecular complexity index is 222. The summed E-state index contributed by atoms with van der Waals surface area (Å²) >= 11 is 0. The number of carbonyl (C=O) groups is 2. The molecule has 1 aliphatic heterocycles. The molecule has 1 saturated carbocycles. The molecule has 4 nitrogen and oxygen atoms in total. The van der Waals surface area contributed by atoms with Crippen LogP contribution in [-0.4, -0.2) is 29.9 Å². The lowest BCUT2D eigenvalue weighted by molar-refractivity contribution is -0.140. The van der Waals surface area contributed by atoms with E-state index in [1.807, 2.05) is 0 Å². The fraction of sp³-hybridized carbons (Fsp3) is 0.714. The first-order valence-corrected chi connectivity index (χ1v) is 3.68. The summed E-state index contributed by atoms with van der Waals surface area (Å²) in [5, 5.41) is 11.5. The van der Waals surface area contributed by atoms with Crippen LogP contribution < -0.4 is 5.32 Å². The van der Waals surface area contributed by atoms with E-state index in [9.17, 15) is 9.59 Å². The van der Waals surface area contributed by atoms with Crippen molar-refractivity contribution in [1.29, 1.82) is 0 Å². The number of carbonyl (C=O) groups excluding carboxylic acids is 1. The minimum Gasteiger partial charge on any atom is -0.481 e. The second-order valence-corrected chi connectivity index (χ2v) is 3.15. The Kier molecular flexibility index (Phi) is 1.26. The third-order valence-electron chi connectivity index (χ3n) is 2.50. The molecule has 2 fully saturated rings. The Morgan fingerprint density at radius 1 is 1.64 bits per heavy atom. The van der Waals surface area contributed by atoms with Crippen LogP contribution in [-0.2, 0) is 9.59 Å². The molecule has 2 rings (SSSR count). The smallest absolute Gasteiger partial charge is 0.307 e. The van der Waals surface area contributed by atoms with E-state index in [0.29, 0.717) is 13.1 Å². The number of carboxylic acid groups (broad SMARTS) is 1. The molecule has 0 aromatic carbocycles. The van der Waals surface area contributed by atoms with Crippen LogP contribution in [0.2, 0.25) is 0 Å². The molecule has 0 aromatic rings. The summed E-state index contributed by atoms with van der Waals surface area (Å²) in [6, 6.07) is 0. The van der Waals surface area contributed by atoms with Gasteiger partial charge >= 0.3 is 5.97 Å². The minimum absolute atomic E-state index is 0.0636. The van der Waals surface area contributed by atoms with Gasteiger partial charge in [0.1, 0.15) is 0 Å². The third-order valence-corrected chi connectivity index (χ3v) is 2.50. The second kappa shape index (κ2) is 2.04. The highest BCUT2D eigenvalue weighted by Gasteiger charge is 2.59. The summed E-state index contributed by atoms with van der Waals surface area (Å²) in [7, 11) is 0. The van der Waals surface area contributed by atoms with Crippen molar-refractivity contribution in [2.75, 3.05) is 13.1 Å². The van der Waals surface area contributed by atoms with E-state index in [1.54, 1.807) is 0 Å². The molecule has 11 heavy (non-hydrogen) atoms. The monoisotopic (exact) mass is 155 g/mol. The first-order valence-electron chi connectivity index (χ1n) is 3.68. The maximum Gasteiger partial charge on any atom is 0.307 e. The molecule has 1 heterocycles. The van der Waals surface area contributed by atoms with Crippen LogP contribution in [0.4, 0.5) is 0 Å². The van der Waals surface area contributed by atoms with Crippen LogP contribution in [0, 0.1) is 17.8 Å². The maximum absolute atomic E-state index is 11.0. The van der Waals surface area contributed by atoms with E-state index in [2.05, 4.69) is 5.32 Å². The predicted molar refractivity (Wildman–Crippen MR) is 36.0 cm³/mol. The normalized spacial score (nSPS) is 41.5. The Morgan fingerprint density at radius 3 is 2.91 bits per heavy atom. The summed E-state index contributed by atoms with van der Waals surface area (Å²) in [5.41, 5.74) is 0. The van der Waals surface area contributed by atoms with Gasteiger partial charge in [-0.25, -0.2) is 0 Å². The lowest BCUT2D eigenvalue weighted by atomic mass is 10.1. The van der Waals surface area contributed by atoms with Gasteiger partial charge in [0.15, 0.2) is 5.78 Å². The van der Waals surface area contributed by atoms with Crippen molar-refractivity contribution in [2.24, 2.45) is 17.8 Å². The first-order chi connectivity index (χ1) is 5.22. The van der Waals surface area contributed by atoms with Crippen LogP contribution >= 0.6 is 0 Å². The van der Waals surface area contributed by atoms with Gasteiger partial charge in [0, 0.05) is 5.92 Å². The van der Waals surface area contributed by atoms with Crippen LogP contribution in [0.3, 0.4) is 0 Å². The molecular formula is C7H9NO3. The highest BCUT2D eigenvalue weighted by atomic mass is 16.4. The van der Waals surface area contributed by atoms with Crippen molar-refractivity contribution in [3.63, 3.8) is 0 Å². The number of rotatable bonds is 1. The SMILES string of the molecule is O=C(O)C1C2CNCC(=O)C21. The van der Waals surface area contributed by atoms with Crippen LogP contribution in [0.5, 0.6) is 0 Å².